The van der Waals surface area contributed by atoms with Gasteiger partial charge in [-0.05, 0) is 36.5 Å². The lowest BCUT2D eigenvalue weighted by Gasteiger charge is -2.02. The third kappa shape index (κ3) is 2.43. The number of furan rings is 1. The van der Waals surface area contributed by atoms with Crippen LogP contribution in [-0.2, 0) is 0 Å². The summed E-state index contributed by atoms with van der Waals surface area (Å²) < 4.78 is 7.06. The van der Waals surface area contributed by atoms with E-state index in [1.807, 2.05) is 18.2 Å². The molecule has 5 nitrogen and oxygen atoms in total. The Labute approximate surface area is 124 Å². The zero-order valence-electron chi connectivity index (χ0n) is 10.2. The van der Waals surface area contributed by atoms with Crippen LogP contribution < -0.4 is 0 Å². The fourth-order valence-electron chi connectivity index (χ4n) is 1.70. The van der Waals surface area contributed by atoms with Crippen LogP contribution in [0.5, 0.6) is 0 Å². The molecule has 0 atom stereocenters. The first-order valence-corrected chi connectivity index (χ1v) is 6.54. The van der Waals surface area contributed by atoms with E-state index in [2.05, 4.69) is 15.3 Å². The normalized spacial score (nSPS) is 11.2. The number of nitrogens with zero attached hydrogens (tertiary/aromatic N) is 3. The summed E-state index contributed by atoms with van der Waals surface area (Å²) in [5.41, 5.74) is 0.748. The molecule has 100 valence electrons. The smallest absolute Gasteiger partial charge is 0.216 e. The van der Waals surface area contributed by atoms with Gasteiger partial charge in [0.25, 0.3) is 0 Å². The maximum Gasteiger partial charge on any atom is 0.216 e. The predicted molar refractivity (Wildman–Crippen MR) is 79.6 cm³/mol. The fraction of sp³-hybridized carbons (Fsp3) is 0. The molecule has 0 aliphatic heterocycles. The van der Waals surface area contributed by atoms with Gasteiger partial charge in [0.05, 0.1) is 17.5 Å². The van der Waals surface area contributed by atoms with Crippen LogP contribution in [0, 0.1) is 4.77 Å². The molecule has 3 aromatic rings. The van der Waals surface area contributed by atoms with Crippen molar-refractivity contribution in [1.82, 2.24) is 14.9 Å². The van der Waals surface area contributed by atoms with E-state index in [1.54, 1.807) is 30.7 Å². The SMILES string of the molecule is S=c1[nH]nc(-c2ccccc2Cl)n1/N=C\c1ccco1. The molecule has 7 heteroatoms. The molecule has 0 radical (unpaired) electrons. The quantitative estimate of drug-likeness (QED) is 0.592. The van der Waals surface area contributed by atoms with Gasteiger partial charge in [0, 0.05) is 5.56 Å². The van der Waals surface area contributed by atoms with E-state index < -0.39 is 0 Å². The highest BCUT2D eigenvalue weighted by atomic mass is 35.5. The zero-order valence-corrected chi connectivity index (χ0v) is 11.7. The minimum atomic E-state index is 0.378. The summed E-state index contributed by atoms with van der Waals surface area (Å²) in [6.07, 6.45) is 3.14. The van der Waals surface area contributed by atoms with Gasteiger partial charge in [-0.1, -0.05) is 23.7 Å². The molecule has 0 spiro atoms. The maximum atomic E-state index is 6.17. The Balaban J connectivity index is 2.07. The molecule has 0 bridgehead atoms. The second-order valence-electron chi connectivity index (χ2n) is 3.90. The third-order valence-electron chi connectivity index (χ3n) is 2.61. The van der Waals surface area contributed by atoms with Gasteiger partial charge in [0.1, 0.15) is 5.76 Å². The molecule has 1 aromatic carbocycles. The summed E-state index contributed by atoms with van der Waals surface area (Å²) in [6.45, 7) is 0. The van der Waals surface area contributed by atoms with Gasteiger partial charge >= 0.3 is 0 Å². The topological polar surface area (TPSA) is 59.1 Å². The summed E-state index contributed by atoms with van der Waals surface area (Å²) >= 11 is 11.3. The van der Waals surface area contributed by atoms with E-state index in [4.69, 9.17) is 28.2 Å². The summed E-state index contributed by atoms with van der Waals surface area (Å²) in [5.74, 6) is 1.17. The van der Waals surface area contributed by atoms with Crippen molar-refractivity contribution in [3.63, 3.8) is 0 Å². The number of rotatable bonds is 3. The van der Waals surface area contributed by atoms with Crippen LogP contribution in [0.3, 0.4) is 0 Å². The Morgan fingerprint density at radius 3 is 2.90 bits per heavy atom. The second-order valence-corrected chi connectivity index (χ2v) is 4.70. The monoisotopic (exact) mass is 304 g/mol. The fourth-order valence-corrected chi connectivity index (χ4v) is 2.09. The molecule has 0 saturated heterocycles. The van der Waals surface area contributed by atoms with E-state index in [9.17, 15) is 0 Å². The van der Waals surface area contributed by atoms with E-state index in [-0.39, 0.29) is 0 Å². The molecule has 0 unspecified atom stereocenters. The lowest BCUT2D eigenvalue weighted by Crippen LogP contribution is -1.95. The van der Waals surface area contributed by atoms with Crippen LogP contribution in [-0.4, -0.2) is 21.1 Å². The molecule has 0 fully saturated rings. The van der Waals surface area contributed by atoms with Crippen molar-refractivity contribution in [2.24, 2.45) is 5.10 Å². The lowest BCUT2D eigenvalue weighted by molar-refractivity contribution is 0.559. The molecule has 1 N–H and O–H groups in total. The van der Waals surface area contributed by atoms with Gasteiger partial charge in [0.15, 0.2) is 5.82 Å². The molecule has 2 aromatic heterocycles. The Morgan fingerprint density at radius 1 is 1.30 bits per heavy atom. The first kappa shape index (κ1) is 12.8. The number of nitrogens with one attached hydrogen (secondary N) is 1. The highest BCUT2D eigenvalue weighted by Gasteiger charge is 2.11. The van der Waals surface area contributed by atoms with Gasteiger partial charge in [-0.3, -0.25) is 0 Å². The van der Waals surface area contributed by atoms with Crippen molar-refractivity contribution in [2.45, 2.75) is 0 Å². The summed E-state index contributed by atoms with van der Waals surface area (Å²) in [4.78, 5) is 0. The van der Waals surface area contributed by atoms with Gasteiger partial charge in [-0.25, -0.2) is 5.10 Å². The first-order chi connectivity index (χ1) is 9.75. The number of benzene rings is 1. The van der Waals surface area contributed by atoms with Crippen molar-refractivity contribution >= 4 is 30.0 Å². The largest absolute Gasteiger partial charge is 0.463 e. The number of hydrogen-bond acceptors (Lipinski definition) is 4. The Hall–Kier alpha value is -2.18. The summed E-state index contributed by atoms with van der Waals surface area (Å²) in [5, 5.41) is 11.7. The van der Waals surface area contributed by atoms with Crippen molar-refractivity contribution in [3.05, 3.63) is 58.2 Å². The maximum absolute atomic E-state index is 6.17. The van der Waals surface area contributed by atoms with Crippen LogP contribution in [0.1, 0.15) is 5.76 Å². The van der Waals surface area contributed by atoms with Crippen molar-refractivity contribution in [3.8, 4) is 11.4 Å². The molecule has 3 rings (SSSR count). The Bertz CT molecular complexity index is 804. The van der Waals surface area contributed by atoms with Crippen LogP contribution in [0.2, 0.25) is 5.02 Å². The molecule has 0 saturated carbocycles. The Kier molecular flexibility index (Phi) is 3.49. The van der Waals surface area contributed by atoms with E-state index in [0.29, 0.717) is 21.4 Å². The molecule has 0 amide bonds. The molecular weight excluding hydrogens is 296 g/mol. The minimum Gasteiger partial charge on any atom is -0.463 e. The van der Waals surface area contributed by atoms with Crippen molar-refractivity contribution < 1.29 is 4.42 Å². The standard InChI is InChI=1S/C13H9ClN4OS/c14-11-6-2-1-5-10(11)12-16-17-13(20)18(12)15-8-9-4-3-7-19-9/h1-8H,(H,17,20)/b15-8-. The lowest BCUT2D eigenvalue weighted by atomic mass is 10.2. The van der Waals surface area contributed by atoms with Crippen molar-refractivity contribution in [2.75, 3.05) is 0 Å². The zero-order chi connectivity index (χ0) is 13.9. The second kappa shape index (κ2) is 5.44. The van der Waals surface area contributed by atoms with Crippen LogP contribution in [0.15, 0.2) is 52.2 Å². The van der Waals surface area contributed by atoms with Crippen LogP contribution >= 0.6 is 23.8 Å². The summed E-state index contributed by atoms with van der Waals surface area (Å²) in [6, 6.07) is 10.9. The van der Waals surface area contributed by atoms with Crippen LogP contribution in [0.4, 0.5) is 0 Å². The highest BCUT2D eigenvalue weighted by molar-refractivity contribution is 7.71. The first-order valence-electron chi connectivity index (χ1n) is 5.76. The van der Waals surface area contributed by atoms with E-state index in [0.717, 1.165) is 5.56 Å². The summed E-state index contributed by atoms with van der Waals surface area (Å²) in [7, 11) is 0. The van der Waals surface area contributed by atoms with E-state index in [1.165, 1.54) is 4.68 Å². The third-order valence-corrected chi connectivity index (χ3v) is 3.20. The van der Waals surface area contributed by atoms with Gasteiger partial charge < -0.3 is 4.42 Å². The van der Waals surface area contributed by atoms with Gasteiger partial charge in [-0.15, -0.1) is 0 Å². The molecule has 0 aliphatic rings. The average molecular weight is 305 g/mol. The number of aromatic amines is 1. The predicted octanol–water partition coefficient (Wildman–Crippen LogP) is 3.74. The molecular formula is C13H9ClN4OS. The van der Waals surface area contributed by atoms with Gasteiger partial charge in [0.2, 0.25) is 4.77 Å². The van der Waals surface area contributed by atoms with E-state index >= 15 is 0 Å². The molecule has 20 heavy (non-hydrogen) atoms. The van der Waals surface area contributed by atoms with Gasteiger partial charge in [-0.2, -0.15) is 14.9 Å². The number of H-pyrrole nitrogens is 1. The van der Waals surface area contributed by atoms with Crippen molar-refractivity contribution in [1.29, 1.82) is 0 Å². The number of hydrogen-bond donors (Lipinski definition) is 1. The Morgan fingerprint density at radius 2 is 2.15 bits per heavy atom. The number of halogens is 1. The average Bonchev–Trinajstić information content (AvgIpc) is 3.07. The highest BCUT2D eigenvalue weighted by Crippen LogP contribution is 2.25. The number of aromatic nitrogens is 3. The minimum absolute atomic E-state index is 0.378. The molecule has 2 heterocycles. The van der Waals surface area contributed by atoms with Crippen LogP contribution in [0.25, 0.3) is 11.4 Å². The molecule has 0 aliphatic carbocycles.